The molecule has 0 saturated carbocycles. The van der Waals surface area contributed by atoms with Gasteiger partial charge in [-0.25, -0.2) is 14.0 Å². The van der Waals surface area contributed by atoms with Gasteiger partial charge in [0.25, 0.3) is 0 Å². The summed E-state index contributed by atoms with van der Waals surface area (Å²) in [7, 11) is 0. The highest BCUT2D eigenvalue weighted by atomic mass is 32.2. The predicted molar refractivity (Wildman–Crippen MR) is 139 cm³/mol. The summed E-state index contributed by atoms with van der Waals surface area (Å²) in [5, 5.41) is 2.89. The minimum atomic E-state index is -1.79. The fourth-order valence-corrected chi connectivity index (χ4v) is 5.63. The van der Waals surface area contributed by atoms with E-state index in [1.807, 2.05) is 54.6 Å². The molecule has 6 nitrogen and oxygen atoms in total. The van der Waals surface area contributed by atoms with E-state index >= 15 is 4.39 Å². The van der Waals surface area contributed by atoms with Crippen molar-refractivity contribution in [3.05, 3.63) is 96.1 Å². The van der Waals surface area contributed by atoms with Crippen molar-refractivity contribution in [3.8, 4) is 0 Å². The second-order valence-electron chi connectivity index (χ2n) is 8.69. The zero-order valence-electron chi connectivity index (χ0n) is 19.8. The maximum atomic E-state index is 15.3. The standard InChI is InChI=1S/C29H23FO6S/c1-17(31)35-29-25(30)26(36-28(33)23-13-11-19-7-3-5-9-21(19)15-23)24(37-29)16-34-27(32)22-12-10-18-6-2-4-8-20(18)14-22/h2-15,24-26,29H,16H2,1H3/t24-,25-,26-,29?/m1/s1. The van der Waals surface area contributed by atoms with Gasteiger partial charge in [-0.05, 0) is 45.8 Å². The van der Waals surface area contributed by atoms with Crippen LogP contribution in [0.5, 0.6) is 0 Å². The third-order valence-electron chi connectivity index (χ3n) is 6.12. The quantitative estimate of drug-likeness (QED) is 0.239. The van der Waals surface area contributed by atoms with Gasteiger partial charge in [0.05, 0.1) is 16.4 Å². The van der Waals surface area contributed by atoms with Gasteiger partial charge in [-0.3, -0.25) is 4.79 Å². The van der Waals surface area contributed by atoms with Gasteiger partial charge in [-0.2, -0.15) is 0 Å². The number of rotatable bonds is 6. The largest absolute Gasteiger partial charge is 0.461 e. The molecule has 188 valence electrons. The number of hydrogen-bond donors (Lipinski definition) is 0. The van der Waals surface area contributed by atoms with Gasteiger partial charge in [-0.1, -0.05) is 60.7 Å². The van der Waals surface area contributed by atoms with Crippen LogP contribution in [-0.4, -0.2) is 47.5 Å². The zero-order valence-corrected chi connectivity index (χ0v) is 20.7. The molecule has 1 heterocycles. The fourth-order valence-electron chi connectivity index (χ4n) is 4.28. The van der Waals surface area contributed by atoms with Crippen LogP contribution >= 0.6 is 11.8 Å². The van der Waals surface area contributed by atoms with Crippen LogP contribution < -0.4 is 0 Å². The Morgan fingerprint density at radius 1 is 0.757 bits per heavy atom. The molecule has 0 spiro atoms. The number of halogens is 1. The first-order chi connectivity index (χ1) is 17.9. The van der Waals surface area contributed by atoms with Crippen LogP contribution in [-0.2, 0) is 19.0 Å². The Hall–Kier alpha value is -3.91. The molecule has 1 aliphatic heterocycles. The number of esters is 3. The van der Waals surface area contributed by atoms with Crippen LogP contribution in [0.25, 0.3) is 21.5 Å². The molecule has 4 atom stereocenters. The van der Waals surface area contributed by atoms with E-state index in [1.165, 1.54) is 6.92 Å². The van der Waals surface area contributed by atoms with E-state index in [2.05, 4.69) is 0 Å². The van der Waals surface area contributed by atoms with Crippen molar-refractivity contribution in [2.24, 2.45) is 0 Å². The average Bonchev–Trinajstić information content (AvgIpc) is 3.19. The molecule has 0 bridgehead atoms. The normalized spacial score (nSPS) is 21.0. The van der Waals surface area contributed by atoms with Crippen molar-refractivity contribution in [1.29, 1.82) is 0 Å². The molecular formula is C29H23FO6S. The third-order valence-corrected chi connectivity index (χ3v) is 7.50. The molecule has 0 aromatic heterocycles. The number of carbonyl (C=O) groups is 3. The summed E-state index contributed by atoms with van der Waals surface area (Å²) in [6, 6.07) is 25.4. The van der Waals surface area contributed by atoms with Crippen molar-refractivity contribution < 1.29 is 33.0 Å². The highest BCUT2D eigenvalue weighted by molar-refractivity contribution is 8.00. The number of fused-ring (bicyclic) bond motifs is 2. The van der Waals surface area contributed by atoms with Gasteiger partial charge in [-0.15, -0.1) is 11.8 Å². The minimum absolute atomic E-state index is 0.232. The van der Waals surface area contributed by atoms with E-state index in [9.17, 15) is 14.4 Å². The maximum Gasteiger partial charge on any atom is 0.338 e. The number of alkyl halides is 1. The van der Waals surface area contributed by atoms with E-state index in [1.54, 1.807) is 30.3 Å². The topological polar surface area (TPSA) is 78.9 Å². The predicted octanol–water partition coefficient (Wildman–Crippen LogP) is 5.72. The van der Waals surface area contributed by atoms with Gasteiger partial charge < -0.3 is 14.2 Å². The van der Waals surface area contributed by atoms with Crippen molar-refractivity contribution in [3.63, 3.8) is 0 Å². The Bertz CT molecular complexity index is 1490. The summed E-state index contributed by atoms with van der Waals surface area (Å²) in [6.45, 7) is 0.945. The molecule has 1 fully saturated rings. The summed E-state index contributed by atoms with van der Waals surface area (Å²) in [4.78, 5) is 37.2. The molecule has 1 saturated heterocycles. The highest BCUT2D eigenvalue weighted by Gasteiger charge is 2.49. The summed E-state index contributed by atoms with van der Waals surface area (Å²) >= 11 is 0.962. The lowest BCUT2D eigenvalue weighted by atomic mass is 10.1. The third kappa shape index (κ3) is 5.44. The minimum Gasteiger partial charge on any atom is -0.461 e. The van der Waals surface area contributed by atoms with Crippen LogP contribution in [0.15, 0.2) is 84.9 Å². The first kappa shape index (κ1) is 24.8. The Labute approximate surface area is 216 Å². The first-order valence-electron chi connectivity index (χ1n) is 11.7. The molecule has 0 amide bonds. The molecule has 1 unspecified atom stereocenters. The van der Waals surface area contributed by atoms with Crippen molar-refractivity contribution in [2.75, 3.05) is 6.61 Å². The van der Waals surface area contributed by atoms with Crippen LogP contribution in [0.1, 0.15) is 27.6 Å². The van der Waals surface area contributed by atoms with Crippen LogP contribution in [0.2, 0.25) is 0 Å². The van der Waals surface area contributed by atoms with Crippen LogP contribution in [0.3, 0.4) is 0 Å². The first-order valence-corrected chi connectivity index (χ1v) is 12.7. The molecule has 1 aliphatic rings. The number of ether oxygens (including phenoxy) is 3. The highest BCUT2D eigenvalue weighted by Crippen LogP contribution is 2.39. The maximum absolute atomic E-state index is 15.3. The van der Waals surface area contributed by atoms with Gasteiger partial charge in [0, 0.05) is 6.92 Å². The number of thioether (sulfide) groups is 1. The molecule has 0 aliphatic carbocycles. The smallest absolute Gasteiger partial charge is 0.338 e. The molecule has 37 heavy (non-hydrogen) atoms. The Morgan fingerprint density at radius 2 is 1.30 bits per heavy atom. The molecule has 4 aromatic carbocycles. The summed E-state index contributed by atoms with van der Waals surface area (Å²) < 4.78 is 31.4. The Balaban J connectivity index is 1.31. The van der Waals surface area contributed by atoms with Crippen molar-refractivity contribution >= 4 is 51.2 Å². The fraction of sp³-hybridized carbons (Fsp3) is 0.207. The van der Waals surface area contributed by atoms with Gasteiger partial charge >= 0.3 is 17.9 Å². The molecular weight excluding hydrogens is 495 g/mol. The molecule has 4 aromatic rings. The second-order valence-corrected chi connectivity index (χ2v) is 10.0. The lowest BCUT2D eigenvalue weighted by Gasteiger charge is -2.20. The van der Waals surface area contributed by atoms with Crippen molar-refractivity contribution in [2.45, 2.75) is 29.9 Å². The van der Waals surface area contributed by atoms with E-state index in [4.69, 9.17) is 14.2 Å². The van der Waals surface area contributed by atoms with Crippen LogP contribution in [0.4, 0.5) is 4.39 Å². The summed E-state index contributed by atoms with van der Waals surface area (Å²) in [5.74, 6) is -1.96. The van der Waals surface area contributed by atoms with Gasteiger partial charge in [0.2, 0.25) is 0 Å². The van der Waals surface area contributed by atoms with Gasteiger partial charge in [0.1, 0.15) is 6.61 Å². The molecule has 8 heteroatoms. The van der Waals surface area contributed by atoms with E-state index in [0.29, 0.717) is 5.56 Å². The zero-order chi connectivity index (χ0) is 25.9. The number of carbonyl (C=O) groups excluding carboxylic acids is 3. The summed E-state index contributed by atoms with van der Waals surface area (Å²) in [6.07, 6.45) is -3.07. The monoisotopic (exact) mass is 518 g/mol. The average molecular weight is 519 g/mol. The second kappa shape index (κ2) is 10.6. The van der Waals surface area contributed by atoms with E-state index in [0.717, 1.165) is 33.3 Å². The lowest BCUT2D eigenvalue weighted by Crippen LogP contribution is -2.37. The number of hydrogen-bond acceptors (Lipinski definition) is 7. The molecule has 5 rings (SSSR count). The van der Waals surface area contributed by atoms with E-state index < -0.39 is 40.9 Å². The summed E-state index contributed by atoms with van der Waals surface area (Å²) in [5.41, 5.74) is -0.574. The SMILES string of the molecule is CC(=O)OC1S[C@H](COC(=O)c2ccc3ccccc3c2)[C@@H](OC(=O)c2ccc3ccccc3c2)[C@H]1F. The Kier molecular flexibility index (Phi) is 7.10. The van der Waals surface area contributed by atoms with Crippen LogP contribution in [0, 0.1) is 0 Å². The van der Waals surface area contributed by atoms with E-state index in [-0.39, 0.29) is 12.2 Å². The number of benzene rings is 4. The molecule has 0 radical (unpaired) electrons. The van der Waals surface area contributed by atoms with Gasteiger partial charge in [0.15, 0.2) is 17.7 Å². The Morgan fingerprint density at radius 3 is 1.86 bits per heavy atom. The van der Waals surface area contributed by atoms with Crippen molar-refractivity contribution in [1.82, 2.24) is 0 Å². The lowest BCUT2D eigenvalue weighted by molar-refractivity contribution is -0.145. The molecule has 0 N–H and O–H groups in total.